The molecular formula is C40H67N5O7. The molecule has 1 saturated heterocycles. The van der Waals surface area contributed by atoms with E-state index in [-0.39, 0.29) is 59.9 Å². The smallest absolute Gasteiger partial charge is 0.245 e. The molecule has 12 nitrogen and oxygen atoms in total. The van der Waals surface area contributed by atoms with E-state index in [1.54, 1.807) is 47.1 Å². The summed E-state index contributed by atoms with van der Waals surface area (Å²) in [5.41, 5.74) is 0.715. The van der Waals surface area contributed by atoms with Crippen LogP contribution in [-0.4, -0.2) is 115 Å². The predicted octanol–water partition coefficient (Wildman–Crippen LogP) is 3.53. The number of aliphatic hydroxyl groups excluding tert-OH is 1. The number of likely N-dealkylation sites (N-methyl/N-ethyl adjacent to an activating group) is 2. The summed E-state index contributed by atoms with van der Waals surface area (Å²) in [6.45, 7) is 15.4. The molecule has 294 valence electrons. The number of hydrogen-bond acceptors (Lipinski definition) is 8. The molecule has 52 heavy (non-hydrogen) atoms. The molecule has 1 heterocycles. The number of rotatable bonds is 20. The minimum atomic E-state index is -0.873. The molecule has 1 unspecified atom stereocenters. The fraction of sp³-hybridized carbons (Fsp3) is 0.750. The van der Waals surface area contributed by atoms with Crippen LogP contribution in [0.2, 0.25) is 0 Å². The Morgan fingerprint density at radius 2 is 1.52 bits per heavy atom. The summed E-state index contributed by atoms with van der Waals surface area (Å²) in [7, 11) is 6.62. The molecule has 4 N–H and O–H groups in total. The van der Waals surface area contributed by atoms with Crippen molar-refractivity contribution in [2.75, 3.05) is 28.3 Å². The number of nitrogens with zero attached hydrogens (tertiary/aromatic N) is 2. The third-order valence-corrected chi connectivity index (χ3v) is 11.5. The number of fused-ring (bicyclic) bond motifs is 1. The van der Waals surface area contributed by atoms with Crippen LogP contribution in [-0.2, 0) is 28.7 Å². The molecule has 1 saturated carbocycles. The van der Waals surface area contributed by atoms with Gasteiger partial charge in [0.25, 0.3) is 0 Å². The summed E-state index contributed by atoms with van der Waals surface area (Å²) in [6.07, 6.45) is 0.397. The van der Waals surface area contributed by atoms with Gasteiger partial charge in [0.1, 0.15) is 6.04 Å². The SMILES string of the molecule is CC[C@H](C)[C@@H]([C@@H](CC(=O)N1[C@H]2C[C@H]2C[C@H]1[C@H](OC)[C@@H](C)C(=O)N[C@H](C)[C@@H](O)c1ccccc1)OC)N(C)C(=O)C(NC(=O)[C@@H](NC)C(C)C)C(C)C. The van der Waals surface area contributed by atoms with Crippen LogP contribution in [0.25, 0.3) is 0 Å². The Bertz CT molecular complexity index is 1330. The highest BCUT2D eigenvalue weighted by Crippen LogP contribution is 2.50. The number of methoxy groups -OCH3 is 2. The number of piperidine rings is 1. The average molecular weight is 730 g/mol. The Hall–Kier alpha value is -3.06. The normalized spacial score (nSPS) is 23.4. The molecule has 0 aromatic heterocycles. The first kappa shape index (κ1) is 43.3. The second-order valence-corrected chi connectivity index (χ2v) is 15.9. The van der Waals surface area contributed by atoms with Crippen molar-refractivity contribution in [2.45, 2.75) is 136 Å². The van der Waals surface area contributed by atoms with Crippen LogP contribution >= 0.6 is 0 Å². The van der Waals surface area contributed by atoms with E-state index in [4.69, 9.17) is 9.47 Å². The number of nitrogens with one attached hydrogen (secondary N) is 3. The lowest BCUT2D eigenvalue weighted by Gasteiger charge is -2.41. The lowest BCUT2D eigenvalue weighted by Crippen LogP contribution is -2.59. The molecule has 4 amide bonds. The molecule has 3 rings (SSSR count). The van der Waals surface area contributed by atoms with Gasteiger partial charge in [-0.25, -0.2) is 0 Å². The van der Waals surface area contributed by atoms with Gasteiger partial charge in [-0.05, 0) is 56.0 Å². The Kier molecular flexibility index (Phi) is 16.1. The second kappa shape index (κ2) is 19.3. The minimum absolute atomic E-state index is 0.0114. The largest absolute Gasteiger partial charge is 0.386 e. The fourth-order valence-corrected chi connectivity index (χ4v) is 8.13. The maximum atomic E-state index is 14.4. The number of benzene rings is 1. The van der Waals surface area contributed by atoms with E-state index in [2.05, 4.69) is 22.9 Å². The molecule has 1 aliphatic carbocycles. The first-order valence-electron chi connectivity index (χ1n) is 19.2. The number of likely N-dealkylation sites (tertiary alicyclic amines) is 1. The number of carbonyl (C=O) groups excluding carboxylic acids is 4. The molecule has 12 atom stereocenters. The van der Waals surface area contributed by atoms with Gasteiger partial charge in [0.15, 0.2) is 0 Å². The van der Waals surface area contributed by atoms with Gasteiger partial charge in [0.05, 0.1) is 54.8 Å². The van der Waals surface area contributed by atoms with Gasteiger partial charge in [0.2, 0.25) is 23.6 Å². The van der Waals surface area contributed by atoms with Crippen molar-refractivity contribution in [1.29, 1.82) is 0 Å². The summed E-state index contributed by atoms with van der Waals surface area (Å²) < 4.78 is 12.0. The average Bonchev–Trinajstić information content (AvgIpc) is 3.78. The number of carbonyl (C=O) groups is 4. The van der Waals surface area contributed by atoms with Crippen LogP contribution in [0.15, 0.2) is 30.3 Å². The van der Waals surface area contributed by atoms with Crippen LogP contribution < -0.4 is 16.0 Å². The van der Waals surface area contributed by atoms with Crippen LogP contribution in [0.3, 0.4) is 0 Å². The van der Waals surface area contributed by atoms with Gasteiger partial charge in [-0.2, -0.15) is 0 Å². The van der Waals surface area contributed by atoms with Crippen molar-refractivity contribution < 1.29 is 33.8 Å². The van der Waals surface area contributed by atoms with Crippen molar-refractivity contribution in [3.63, 3.8) is 0 Å². The highest BCUT2D eigenvalue weighted by molar-refractivity contribution is 5.90. The first-order valence-corrected chi connectivity index (χ1v) is 19.2. The highest BCUT2D eigenvalue weighted by Gasteiger charge is 2.57. The number of amides is 4. The number of aliphatic hydroxyl groups is 1. The molecule has 0 bridgehead atoms. The van der Waals surface area contributed by atoms with Crippen LogP contribution in [0.4, 0.5) is 0 Å². The topological polar surface area (TPSA) is 150 Å². The lowest BCUT2D eigenvalue weighted by atomic mass is 9.89. The third-order valence-electron chi connectivity index (χ3n) is 11.5. The van der Waals surface area contributed by atoms with Gasteiger partial charge >= 0.3 is 0 Å². The molecule has 12 heteroatoms. The molecule has 1 aromatic carbocycles. The van der Waals surface area contributed by atoms with E-state index >= 15 is 0 Å². The van der Waals surface area contributed by atoms with E-state index in [0.717, 1.165) is 19.3 Å². The molecule has 1 aromatic rings. The van der Waals surface area contributed by atoms with Gasteiger partial charge in [0, 0.05) is 27.3 Å². The summed E-state index contributed by atoms with van der Waals surface area (Å²) in [5, 5.41) is 19.9. The van der Waals surface area contributed by atoms with E-state index < -0.39 is 48.4 Å². The zero-order valence-electron chi connectivity index (χ0n) is 33.6. The predicted molar refractivity (Wildman–Crippen MR) is 202 cm³/mol. The fourth-order valence-electron chi connectivity index (χ4n) is 8.13. The standard InChI is InChI=1S/C40H67N5O7/c1-13-24(6)35(44(10)40(50)34(23(4)5)43-39(49)33(41-9)22(2)3)31(51-11)21-32(46)45-29-19-28(29)20-30(45)37(52-12)25(7)38(48)42-26(8)36(47)27-17-15-14-16-18-27/h14-18,22-26,28-31,33-37,41,47H,13,19-21H2,1-12H3,(H,42,48)(H,43,49)/t24-,25+,26+,28-,29-,30-,31+,33-,34?,35-,36+,37+/m0/s1. The van der Waals surface area contributed by atoms with Gasteiger partial charge in [-0.1, -0.05) is 85.2 Å². The summed E-state index contributed by atoms with van der Waals surface area (Å²) in [4.78, 5) is 58.9. The van der Waals surface area contributed by atoms with Crippen molar-refractivity contribution >= 4 is 23.6 Å². The zero-order valence-corrected chi connectivity index (χ0v) is 33.6. The molecule has 0 radical (unpaired) electrons. The monoisotopic (exact) mass is 730 g/mol. The maximum absolute atomic E-state index is 14.4. The Morgan fingerprint density at radius 1 is 0.904 bits per heavy atom. The van der Waals surface area contributed by atoms with Crippen LogP contribution in [0.5, 0.6) is 0 Å². The second-order valence-electron chi connectivity index (χ2n) is 15.9. The number of hydrogen-bond donors (Lipinski definition) is 4. The van der Waals surface area contributed by atoms with Crippen LogP contribution in [0, 0.1) is 29.6 Å². The van der Waals surface area contributed by atoms with Gasteiger partial charge in [-0.15, -0.1) is 0 Å². The Balaban J connectivity index is 1.78. The van der Waals surface area contributed by atoms with Gasteiger partial charge in [-0.3, -0.25) is 19.2 Å². The highest BCUT2D eigenvalue weighted by atomic mass is 16.5. The Labute approximate surface area is 312 Å². The summed E-state index contributed by atoms with van der Waals surface area (Å²) in [6, 6.07) is 6.81. The van der Waals surface area contributed by atoms with E-state index in [0.29, 0.717) is 11.5 Å². The molecular weight excluding hydrogens is 662 g/mol. The van der Waals surface area contributed by atoms with E-state index in [9.17, 15) is 24.3 Å². The zero-order chi connectivity index (χ0) is 39.0. The van der Waals surface area contributed by atoms with Crippen molar-refractivity contribution in [3.05, 3.63) is 35.9 Å². The van der Waals surface area contributed by atoms with Crippen LogP contribution in [0.1, 0.15) is 92.7 Å². The molecule has 0 spiro atoms. The number of ether oxygens (including phenoxy) is 2. The quantitative estimate of drug-likeness (QED) is 0.159. The third kappa shape index (κ3) is 10.1. The van der Waals surface area contributed by atoms with Gasteiger partial charge < -0.3 is 40.3 Å². The maximum Gasteiger partial charge on any atom is 0.245 e. The Morgan fingerprint density at radius 3 is 2.04 bits per heavy atom. The molecule has 1 aliphatic heterocycles. The minimum Gasteiger partial charge on any atom is -0.386 e. The lowest BCUT2D eigenvalue weighted by molar-refractivity contribution is -0.148. The van der Waals surface area contributed by atoms with Crippen molar-refractivity contribution in [1.82, 2.24) is 25.8 Å². The summed E-state index contributed by atoms with van der Waals surface area (Å²) in [5.74, 6) is -1.20. The summed E-state index contributed by atoms with van der Waals surface area (Å²) >= 11 is 0. The van der Waals surface area contributed by atoms with Crippen molar-refractivity contribution in [2.24, 2.45) is 29.6 Å². The van der Waals surface area contributed by atoms with Crippen molar-refractivity contribution in [3.8, 4) is 0 Å². The molecule has 2 fully saturated rings. The van der Waals surface area contributed by atoms with E-state index in [1.165, 1.54) is 0 Å². The molecule has 2 aliphatic rings. The first-order chi connectivity index (χ1) is 24.5. The van der Waals surface area contributed by atoms with E-state index in [1.807, 2.05) is 69.9 Å².